The zero-order chi connectivity index (χ0) is 14.8. The maximum atomic E-state index is 14.3. The van der Waals surface area contributed by atoms with Crippen molar-refractivity contribution in [3.63, 3.8) is 0 Å². The molecule has 2 nitrogen and oxygen atoms in total. The van der Waals surface area contributed by atoms with Gasteiger partial charge >= 0.3 is 0 Å². The molecule has 1 fully saturated rings. The number of halogens is 2. The zero-order valence-corrected chi connectivity index (χ0v) is 12.7. The smallest absolute Gasteiger partial charge is 0.131 e. The molecule has 2 heterocycles. The van der Waals surface area contributed by atoms with E-state index in [4.69, 9.17) is 0 Å². The second-order valence-corrected chi connectivity index (χ2v) is 6.27. The Hall–Kier alpha value is -1.30. The van der Waals surface area contributed by atoms with Crippen LogP contribution < -0.4 is 5.32 Å². The number of aryl methyl sites for hydroxylation is 1. The second-order valence-electron chi connectivity index (χ2n) is 5.32. The molecule has 1 N–H and O–H groups in total. The summed E-state index contributed by atoms with van der Waals surface area (Å²) in [6.07, 6.45) is 0. The molecule has 0 aliphatic carbocycles. The van der Waals surface area contributed by atoms with Gasteiger partial charge in [0.15, 0.2) is 0 Å². The fraction of sp³-hybridized carbons (Fsp3) is 0.375. The number of nitrogens with zero attached hydrogens (tertiary/aromatic N) is 1. The largest absolute Gasteiger partial charge is 0.314 e. The topological polar surface area (TPSA) is 15.3 Å². The average molecular weight is 308 g/mol. The van der Waals surface area contributed by atoms with E-state index in [1.165, 1.54) is 6.07 Å². The predicted molar refractivity (Wildman–Crippen MR) is 81.7 cm³/mol. The molecule has 0 bridgehead atoms. The SMILES string of the molecule is Cc1ccsc1C(c1ccc(F)cc1F)N1CCNCC1. The molecule has 1 aromatic carbocycles. The highest BCUT2D eigenvalue weighted by Crippen LogP contribution is 2.35. The van der Waals surface area contributed by atoms with Gasteiger partial charge in [0.1, 0.15) is 11.6 Å². The van der Waals surface area contributed by atoms with Crippen molar-refractivity contribution in [2.75, 3.05) is 26.2 Å². The molecule has 0 spiro atoms. The van der Waals surface area contributed by atoms with Crippen LogP contribution in [0.2, 0.25) is 0 Å². The Morgan fingerprint density at radius 3 is 2.57 bits per heavy atom. The number of thiophene rings is 1. The zero-order valence-electron chi connectivity index (χ0n) is 11.9. The predicted octanol–water partition coefficient (Wildman–Crippen LogP) is 3.33. The minimum Gasteiger partial charge on any atom is -0.314 e. The Bertz CT molecular complexity index is 620. The van der Waals surface area contributed by atoms with E-state index in [0.717, 1.165) is 42.7 Å². The van der Waals surface area contributed by atoms with Crippen molar-refractivity contribution in [2.45, 2.75) is 13.0 Å². The number of piperazine rings is 1. The van der Waals surface area contributed by atoms with E-state index >= 15 is 0 Å². The Kier molecular flexibility index (Phi) is 4.33. The first kappa shape index (κ1) is 14.6. The molecule has 1 unspecified atom stereocenters. The van der Waals surface area contributed by atoms with Crippen molar-refractivity contribution in [3.05, 3.63) is 57.3 Å². The minimum atomic E-state index is -0.529. The van der Waals surface area contributed by atoms with Crippen LogP contribution in [0.1, 0.15) is 22.0 Å². The van der Waals surface area contributed by atoms with E-state index in [2.05, 4.69) is 16.3 Å². The van der Waals surface area contributed by atoms with Crippen molar-refractivity contribution >= 4 is 11.3 Å². The van der Waals surface area contributed by atoms with E-state index in [0.29, 0.717) is 5.56 Å². The molecule has 1 aliphatic heterocycles. The summed E-state index contributed by atoms with van der Waals surface area (Å²) in [6, 6.07) is 5.82. The molecule has 0 saturated carbocycles. The summed E-state index contributed by atoms with van der Waals surface area (Å²) in [5, 5.41) is 5.34. The molecule has 1 aliphatic rings. The summed E-state index contributed by atoms with van der Waals surface area (Å²) in [4.78, 5) is 3.41. The standard InChI is InChI=1S/C16H18F2N2S/c1-11-4-9-21-16(11)15(20-7-5-19-6-8-20)13-3-2-12(17)10-14(13)18/h2-4,9-10,15,19H,5-8H2,1H3. The van der Waals surface area contributed by atoms with Crippen molar-refractivity contribution in [3.8, 4) is 0 Å². The molecule has 5 heteroatoms. The van der Waals surface area contributed by atoms with Crippen LogP contribution in [0.25, 0.3) is 0 Å². The Morgan fingerprint density at radius 2 is 1.95 bits per heavy atom. The number of nitrogens with one attached hydrogen (secondary N) is 1. The van der Waals surface area contributed by atoms with Crippen LogP contribution >= 0.6 is 11.3 Å². The van der Waals surface area contributed by atoms with Crippen LogP contribution in [0.5, 0.6) is 0 Å². The van der Waals surface area contributed by atoms with E-state index in [9.17, 15) is 8.78 Å². The van der Waals surface area contributed by atoms with E-state index < -0.39 is 11.6 Å². The van der Waals surface area contributed by atoms with Crippen molar-refractivity contribution < 1.29 is 8.78 Å². The summed E-state index contributed by atoms with van der Waals surface area (Å²) in [5.74, 6) is -0.996. The molecule has 1 saturated heterocycles. The van der Waals surface area contributed by atoms with Gasteiger partial charge in [-0.1, -0.05) is 6.07 Å². The lowest BCUT2D eigenvalue weighted by Crippen LogP contribution is -2.45. The van der Waals surface area contributed by atoms with Gasteiger partial charge in [0.05, 0.1) is 6.04 Å². The maximum absolute atomic E-state index is 14.3. The van der Waals surface area contributed by atoms with Crippen LogP contribution in [0, 0.1) is 18.6 Å². The van der Waals surface area contributed by atoms with E-state index in [1.54, 1.807) is 17.4 Å². The lowest BCUT2D eigenvalue weighted by atomic mass is 10.00. The molecule has 3 rings (SSSR count). The van der Waals surface area contributed by atoms with Gasteiger partial charge in [-0.25, -0.2) is 8.78 Å². The molecule has 0 radical (unpaired) electrons. The summed E-state index contributed by atoms with van der Waals surface area (Å²) in [7, 11) is 0. The van der Waals surface area contributed by atoms with Gasteiger partial charge in [0.2, 0.25) is 0 Å². The van der Waals surface area contributed by atoms with Crippen molar-refractivity contribution in [2.24, 2.45) is 0 Å². The minimum absolute atomic E-state index is 0.132. The fourth-order valence-corrected chi connectivity index (χ4v) is 3.91. The maximum Gasteiger partial charge on any atom is 0.131 e. The summed E-state index contributed by atoms with van der Waals surface area (Å²) in [5.41, 5.74) is 1.72. The van der Waals surface area contributed by atoms with Crippen LogP contribution in [0.3, 0.4) is 0 Å². The quantitative estimate of drug-likeness (QED) is 0.935. The third kappa shape index (κ3) is 3.00. The molecule has 1 atom stereocenters. The lowest BCUT2D eigenvalue weighted by molar-refractivity contribution is 0.197. The third-order valence-corrected chi connectivity index (χ3v) is 5.00. The summed E-state index contributed by atoms with van der Waals surface area (Å²) >= 11 is 1.64. The molecule has 2 aromatic rings. The summed E-state index contributed by atoms with van der Waals surface area (Å²) in [6.45, 7) is 5.55. The van der Waals surface area contributed by atoms with Crippen LogP contribution in [0.4, 0.5) is 8.78 Å². The van der Waals surface area contributed by atoms with Crippen LogP contribution in [0.15, 0.2) is 29.6 Å². The number of benzene rings is 1. The second kappa shape index (κ2) is 6.22. The van der Waals surface area contributed by atoms with Gasteiger partial charge in [-0.3, -0.25) is 4.90 Å². The molecule has 0 amide bonds. The Morgan fingerprint density at radius 1 is 1.19 bits per heavy atom. The Balaban J connectivity index is 2.05. The van der Waals surface area contributed by atoms with Gasteiger partial charge in [-0.2, -0.15) is 0 Å². The van der Waals surface area contributed by atoms with Gasteiger partial charge in [0, 0.05) is 42.7 Å². The third-order valence-electron chi connectivity index (χ3n) is 3.92. The van der Waals surface area contributed by atoms with Gasteiger partial charge < -0.3 is 5.32 Å². The van der Waals surface area contributed by atoms with Crippen LogP contribution in [-0.2, 0) is 0 Å². The van der Waals surface area contributed by atoms with Gasteiger partial charge in [-0.05, 0) is 30.0 Å². The fourth-order valence-electron chi connectivity index (χ4n) is 2.83. The highest BCUT2D eigenvalue weighted by molar-refractivity contribution is 7.10. The average Bonchev–Trinajstić information content (AvgIpc) is 2.89. The van der Waals surface area contributed by atoms with Crippen molar-refractivity contribution in [1.29, 1.82) is 0 Å². The van der Waals surface area contributed by atoms with Gasteiger partial charge in [0.25, 0.3) is 0 Å². The molecule has 112 valence electrons. The van der Waals surface area contributed by atoms with Crippen LogP contribution in [-0.4, -0.2) is 31.1 Å². The van der Waals surface area contributed by atoms with Gasteiger partial charge in [-0.15, -0.1) is 11.3 Å². The molecular formula is C16H18F2N2S. The molecule has 1 aromatic heterocycles. The van der Waals surface area contributed by atoms with E-state index in [-0.39, 0.29) is 6.04 Å². The lowest BCUT2D eigenvalue weighted by Gasteiger charge is -2.35. The van der Waals surface area contributed by atoms with Crippen molar-refractivity contribution in [1.82, 2.24) is 10.2 Å². The first-order valence-corrected chi connectivity index (χ1v) is 7.98. The summed E-state index contributed by atoms with van der Waals surface area (Å²) < 4.78 is 27.5. The number of rotatable bonds is 3. The molecule has 21 heavy (non-hydrogen) atoms. The highest BCUT2D eigenvalue weighted by atomic mass is 32.1. The number of hydrogen-bond donors (Lipinski definition) is 1. The van der Waals surface area contributed by atoms with E-state index in [1.807, 2.05) is 12.3 Å². The highest BCUT2D eigenvalue weighted by Gasteiger charge is 2.28. The number of hydrogen-bond acceptors (Lipinski definition) is 3. The molecular weight excluding hydrogens is 290 g/mol. The monoisotopic (exact) mass is 308 g/mol. The normalized spacial score (nSPS) is 17.9. The Labute approximate surface area is 127 Å². The first-order valence-electron chi connectivity index (χ1n) is 7.10. The first-order chi connectivity index (χ1) is 10.2.